The third-order valence-corrected chi connectivity index (χ3v) is 5.76. The second-order valence-electron chi connectivity index (χ2n) is 6.17. The molecule has 3 nitrogen and oxygen atoms in total. The van der Waals surface area contributed by atoms with Crippen LogP contribution in [0.1, 0.15) is 5.56 Å². The summed E-state index contributed by atoms with van der Waals surface area (Å²) in [4.78, 5) is 4.62. The number of likely N-dealkylation sites (N-methyl/N-ethyl adjacent to an activating group) is 1. The van der Waals surface area contributed by atoms with Crippen LogP contribution in [0.3, 0.4) is 0 Å². The summed E-state index contributed by atoms with van der Waals surface area (Å²) in [5.41, 5.74) is 4.27. The van der Waals surface area contributed by atoms with Crippen molar-refractivity contribution in [2.24, 2.45) is 0 Å². The number of nitrogens with one attached hydrogen (secondary N) is 1. The Morgan fingerprint density at radius 3 is 2.73 bits per heavy atom. The van der Waals surface area contributed by atoms with E-state index in [-0.39, 0.29) is 0 Å². The Hall–Kier alpha value is -2.14. The first-order valence-electron chi connectivity index (χ1n) is 8.49. The number of benzene rings is 2. The summed E-state index contributed by atoms with van der Waals surface area (Å²) in [6, 6.07) is 12.6. The number of thiophene rings is 1. The van der Waals surface area contributed by atoms with Gasteiger partial charge in [-0.1, -0.05) is 35.9 Å². The van der Waals surface area contributed by atoms with E-state index in [9.17, 15) is 0 Å². The summed E-state index contributed by atoms with van der Waals surface area (Å²) in [5, 5.41) is 8.10. The van der Waals surface area contributed by atoms with Gasteiger partial charge in [-0.15, -0.1) is 11.3 Å². The molecule has 0 fully saturated rings. The largest absolute Gasteiger partial charge is 0.496 e. The number of methoxy groups -OCH3 is 1. The highest BCUT2D eigenvalue weighted by Crippen LogP contribution is 2.43. The van der Waals surface area contributed by atoms with Gasteiger partial charge in [-0.05, 0) is 42.6 Å². The quantitative estimate of drug-likeness (QED) is 0.492. The van der Waals surface area contributed by atoms with Crippen molar-refractivity contribution in [2.45, 2.75) is 6.42 Å². The standard InChI is InChI=1S/C21H19ClN2OS/c1-23-9-7-13-3-5-14(6-4-13)19-17(25-2)11-16(22)21-20(19)15-8-10-26-18(15)12-24-21/h3-6,8,10-12,23H,7,9H2,1-2H3. The second-order valence-corrected chi connectivity index (χ2v) is 7.52. The van der Waals surface area contributed by atoms with Crippen LogP contribution in [0.25, 0.3) is 32.1 Å². The van der Waals surface area contributed by atoms with Crippen LogP contribution >= 0.6 is 22.9 Å². The molecule has 0 saturated heterocycles. The molecule has 5 heteroatoms. The molecule has 0 unspecified atom stereocenters. The normalized spacial score (nSPS) is 11.3. The van der Waals surface area contributed by atoms with Crippen molar-refractivity contribution < 1.29 is 4.74 Å². The third-order valence-electron chi connectivity index (χ3n) is 4.62. The van der Waals surface area contributed by atoms with Crippen LogP contribution in [-0.4, -0.2) is 25.7 Å². The van der Waals surface area contributed by atoms with Crippen molar-refractivity contribution in [3.8, 4) is 16.9 Å². The molecule has 2 heterocycles. The molecule has 0 atom stereocenters. The lowest BCUT2D eigenvalue weighted by Crippen LogP contribution is -2.10. The van der Waals surface area contributed by atoms with Crippen LogP contribution in [0.15, 0.2) is 48.0 Å². The molecule has 0 amide bonds. The monoisotopic (exact) mass is 382 g/mol. The number of pyridine rings is 1. The molecule has 0 radical (unpaired) electrons. The van der Waals surface area contributed by atoms with Crippen molar-refractivity contribution >= 4 is 43.9 Å². The van der Waals surface area contributed by atoms with Crippen LogP contribution in [0, 0.1) is 0 Å². The van der Waals surface area contributed by atoms with Gasteiger partial charge in [-0.2, -0.15) is 0 Å². The zero-order valence-electron chi connectivity index (χ0n) is 14.7. The number of ether oxygens (including phenoxy) is 1. The average Bonchev–Trinajstić information content (AvgIpc) is 3.15. The average molecular weight is 383 g/mol. The molecule has 0 aliphatic heterocycles. The van der Waals surface area contributed by atoms with Crippen molar-refractivity contribution in [1.29, 1.82) is 0 Å². The second kappa shape index (κ2) is 7.23. The summed E-state index contributed by atoms with van der Waals surface area (Å²) < 4.78 is 6.84. The van der Waals surface area contributed by atoms with Gasteiger partial charge in [0.1, 0.15) is 5.75 Å². The zero-order valence-corrected chi connectivity index (χ0v) is 16.2. The minimum atomic E-state index is 0.611. The summed E-state index contributed by atoms with van der Waals surface area (Å²) in [7, 11) is 3.65. The molecule has 0 aliphatic carbocycles. The lowest BCUT2D eigenvalue weighted by molar-refractivity contribution is 0.417. The van der Waals surface area contributed by atoms with Gasteiger partial charge in [0, 0.05) is 28.6 Å². The Kier molecular flexibility index (Phi) is 4.81. The van der Waals surface area contributed by atoms with Crippen LogP contribution in [0.5, 0.6) is 5.75 Å². The molecule has 4 aromatic rings. The van der Waals surface area contributed by atoms with E-state index in [1.807, 2.05) is 19.3 Å². The van der Waals surface area contributed by atoms with E-state index in [0.717, 1.165) is 50.8 Å². The number of hydrogen-bond acceptors (Lipinski definition) is 4. The van der Waals surface area contributed by atoms with E-state index in [4.69, 9.17) is 16.3 Å². The fourth-order valence-electron chi connectivity index (χ4n) is 3.31. The first kappa shape index (κ1) is 17.3. The summed E-state index contributed by atoms with van der Waals surface area (Å²) >= 11 is 8.19. The third kappa shape index (κ3) is 2.94. The highest BCUT2D eigenvalue weighted by Gasteiger charge is 2.17. The SMILES string of the molecule is CNCCc1ccc(-c2c(OC)cc(Cl)c3ncc4sccc4c23)cc1. The maximum Gasteiger partial charge on any atom is 0.128 e. The van der Waals surface area contributed by atoms with Gasteiger partial charge in [0.25, 0.3) is 0 Å². The predicted molar refractivity (Wildman–Crippen MR) is 112 cm³/mol. The topological polar surface area (TPSA) is 34.1 Å². The van der Waals surface area contributed by atoms with E-state index in [1.165, 1.54) is 5.56 Å². The van der Waals surface area contributed by atoms with Gasteiger partial charge in [-0.3, -0.25) is 4.98 Å². The maximum absolute atomic E-state index is 6.50. The number of hydrogen-bond donors (Lipinski definition) is 1. The van der Waals surface area contributed by atoms with Crippen molar-refractivity contribution in [2.75, 3.05) is 20.7 Å². The number of aromatic nitrogens is 1. The predicted octanol–water partition coefficient (Wildman–Crippen LogP) is 5.54. The summed E-state index contributed by atoms with van der Waals surface area (Å²) in [6.45, 7) is 0.964. The van der Waals surface area contributed by atoms with Crippen LogP contribution in [0.4, 0.5) is 0 Å². The fraction of sp³-hybridized carbons (Fsp3) is 0.190. The molecular formula is C21H19ClN2OS. The Morgan fingerprint density at radius 1 is 1.19 bits per heavy atom. The molecule has 2 aromatic carbocycles. The number of halogens is 1. The highest BCUT2D eigenvalue weighted by molar-refractivity contribution is 7.17. The van der Waals surface area contributed by atoms with Gasteiger partial charge >= 0.3 is 0 Å². The van der Waals surface area contributed by atoms with E-state index in [2.05, 4.69) is 46.0 Å². The molecule has 132 valence electrons. The molecule has 1 N–H and O–H groups in total. The molecule has 4 rings (SSSR count). The first-order valence-corrected chi connectivity index (χ1v) is 9.75. The van der Waals surface area contributed by atoms with E-state index in [0.29, 0.717) is 5.02 Å². The summed E-state index contributed by atoms with van der Waals surface area (Å²) in [5.74, 6) is 0.769. The van der Waals surface area contributed by atoms with E-state index >= 15 is 0 Å². The van der Waals surface area contributed by atoms with E-state index < -0.39 is 0 Å². The van der Waals surface area contributed by atoms with Crippen LogP contribution < -0.4 is 10.1 Å². The highest BCUT2D eigenvalue weighted by atomic mass is 35.5. The lowest BCUT2D eigenvalue weighted by Gasteiger charge is -2.15. The summed E-state index contributed by atoms with van der Waals surface area (Å²) in [6.07, 6.45) is 2.90. The number of fused-ring (bicyclic) bond motifs is 3. The Balaban J connectivity index is 1.98. The lowest BCUT2D eigenvalue weighted by atomic mass is 9.96. The van der Waals surface area contributed by atoms with E-state index in [1.54, 1.807) is 18.4 Å². The van der Waals surface area contributed by atoms with Crippen LogP contribution in [0.2, 0.25) is 5.02 Å². The minimum Gasteiger partial charge on any atom is -0.496 e. The maximum atomic E-state index is 6.50. The number of rotatable bonds is 5. The van der Waals surface area contributed by atoms with Crippen molar-refractivity contribution in [3.05, 3.63) is 58.6 Å². The Morgan fingerprint density at radius 2 is 2.00 bits per heavy atom. The Bertz CT molecular complexity index is 1070. The molecule has 0 aliphatic rings. The molecule has 0 saturated carbocycles. The number of nitrogens with zero attached hydrogens (tertiary/aromatic N) is 1. The fourth-order valence-corrected chi connectivity index (χ4v) is 4.31. The Labute approximate surface area is 161 Å². The first-order chi connectivity index (χ1) is 12.7. The van der Waals surface area contributed by atoms with Gasteiger partial charge < -0.3 is 10.1 Å². The van der Waals surface area contributed by atoms with Gasteiger partial charge in [-0.25, -0.2) is 0 Å². The molecule has 26 heavy (non-hydrogen) atoms. The van der Waals surface area contributed by atoms with Gasteiger partial charge in [0.2, 0.25) is 0 Å². The zero-order chi connectivity index (χ0) is 18.1. The van der Waals surface area contributed by atoms with Crippen LogP contribution in [-0.2, 0) is 6.42 Å². The molecular weight excluding hydrogens is 364 g/mol. The smallest absolute Gasteiger partial charge is 0.128 e. The molecule has 2 aromatic heterocycles. The van der Waals surface area contributed by atoms with Gasteiger partial charge in [0.05, 0.1) is 22.3 Å². The van der Waals surface area contributed by atoms with Crippen molar-refractivity contribution in [3.63, 3.8) is 0 Å². The molecule has 0 spiro atoms. The van der Waals surface area contributed by atoms with Crippen molar-refractivity contribution in [1.82, 2.24) is 10.3 Å². The molecule has 0 bridgehead atoms. The minimum absolute atomic E-state index is 0.611. The van der Waals surface area contributed by atoms with Gasteiger partial charge in [0.15, 0.2) is 0 Å².